The zero-order valence-electron chi connectivity index (χ0n) is 13.1. The van der Waals surface area contributed by atoms with E-state index in [9.17, 15) is 0 Å². The molecule has 2 rings (SSSR count). The summed E-state index contributed by atoms with van der Waals surface area (Å²) in [7, 11) is 1.84. The first-order chi connectivity index (χ1) is 10.2. The lowest BCUT2D eigenvalue weighted by Gasteiger charge is -2.11. The van der Waals surface area contributed by atoms with Crippen molar-refractivity contribution in [2.45, 2.75) is 40.0 Å². The van der Waals surface area contributed by atoms with Gasteiger partial charge in [-0.2, -0.15) is 4.98 Å². The Balaban J connectivity index is 2.32. The number of aryl methyl sites for hydroxylation is 3. The maximum Gasteiger partial charge on any atom is 0.224 e. The normalized spacial score (nSPS) is 10.5. The molecule has 2 aromatic heterocycles. The van der Waals surface area contributed by atoms with Gasteiger partial charge in [0.1, 0.15) is 11.6 Å². The highest BCUT2D eigenvalue weighted by atomic mass is 16.5. The molecule has 112 valence electrons. The van der Waals surface area contributed by atoms with Crippen molar-refractivity contribution in [3.63, 3.8) is 0 Å². The van der Waals surface area contributed by atoms with Crippen molar-refractivity contribution in [1.82, 2.24) is 15.0 Å². The third kappa shape index (κ3) is 3.90. The molecule has 0 aromatic carbocycles. The van der Waals surface area contributed by atoms with E-state index in [1.54, 1.807) is 6.07 Å². The van der Waals surface area contributed by atoms with E-state index in [2.05, 4.69) is 34.1 Å². The van der Waals surface area contributed by atoms with Gasteiger partial charge < -0.3 is 10.1 Å². The zero-order chi connectivity index (χ0) is 15.2. The number of rotatable bonds is 6. The van der Waals surface area contributed by atoms with E-state index in [0.29, 0.717) is 5.88 Å². The topological polar surface area (TPSA) is 59.9 Å². The molecule has 5 heteroatoms. The lowest BCUT2D eigenvalue weighted by molar-refractivity contribution is 0.450. The van der Waals surface area contributed by atoms with E-state index >= 15 is 0 Å². The van der Waals surface area contributed by atoms with Crippen LogP contribution < -0.4 is 10.1 Å². The molecule has 0 aliphatic carbocycles. The molecule has 2 heterocycles. The second kappa shape index (κ2) is 7.02. The molecule has 0 atom stereocenters. The van der Waals surface area contributed by atoms with Crippen LogP contribution >= 0.6 is 0 Å². The molecule has 0 fully saturated rings. The van der Waals surface area contributed by atoms with E-state index in [1.165, 1.54) is 0 Å². The van der Waals surface area contributed by atoms with Crippen molar-refractivity contribution in [3.05, 3.63) is 35.4 Å². The van der Waals surface area contributed by atoms with Gasteiger partial charge in [-0.1, -0.05) is 13.8 Å². The van der Waals surface area contributed by atoms with Gasteiger partial charge in [-0.3, -0.25) is 4.98 Å². The molecule has 0 unspecified atom stereocenters. The third-order valence-corrected chi connectivity index (χ3v) is 3.10. The average Bonchev–Trinajstić information content (AvgIpc) is 2.49. The van der Waals surface area contributed by atoms with Gasteiger partial charge in [-0.05, 0) is 31.9 Å². The Kier molecular flexibility index (Phi) is 5.09. The second-order valence-electron chi connectivity index (χ2n) is 4.86. The molecule has 0 aliphatic rings. The summed E-state index contributed by atoms with van der Waals surface area (Å²) in [6.45, 7) is 6.15. The first kappa shape index (κ1) is 15.2. The van der Waals surface area contributed by atoms with Gasteiger partial charge in [0.05, 0.1) is 5.69 Å². The quantitative estimate of drug-likeness (QED) is 0.880. The molecule has 5 nitrogen and oxygen atoms in total. The number of ether oxygens (including phenoxy) is 1. The van der Waals surface area contributed by atoms with Crippen LogP contribution in [0, 0.1) is 6.92 Å². The Morgan fingerprint density at radius 3 is 2.62 bits per heavy atom. The zero-order valence-corrected chi connectivity index (χ0v) is 13.1. The Hall–Kier alpha value is -2.17. The van der Waals surface area contributed by atoms with Crippen molar-refractivity contribution in [2.75, 3.05) is 12.4 Å². The van der Waals surface area contributed by atoms with Crippen LogP contribution in [0.25, 0.3) is 0 Å². The highest BCUT2D eigenvalue weighted by Gasteiger charge is 2.09. The second-order valence-corrected chi connectivity index (χ2v) is 4.86. The number of pyridine rings is 1. The lowest BCUT2D eigenvalue weighted by atomic mass is 10.2. The van der Waals surface area contributed by atoms with Gasteiger partial charge in [0.2, 0.25) is 5.88 Å². The molecule has 1 N–H and O–H groups in total. The Morgan fingerprint density at radius 1 is 1.14 bits per heavy atom. The molecule has 21 heavy (non-hydrogen) atoms. The Bertz CT molecular complexity index is 613. The molecule has 0 aliphatic heterocycles. The highest BCUT2D eigenvalue weighted by molar-refractivity contribution is 5.40. The number of hydrogen-bond donors (Lipinski definition) is 1. The monoisotopic (exact) mass is 286 g/mol. The summed E-state index contributed by atoms with van der Waals surface area (Å²) in [5.74, 6) is 2.86. The summed E-state index contributed by atoms with van der Waals surface area (Å²) in [5.41, 5.74) is 1.93. The molecular weight excluding hydrogens is 264 g/mol. The minimum absolute atomic E-state index is 0.554. The number of aromatic nitrogens is 3. The summed E-state index contributed by atoms with van der Waals surface area (Å²) in [6.07, 6.45) is 2.65. The number of nitrogens with zero attached hydrogens (tertiary/aromatic N) is 3. The van der Waals surface area contributed by atoms with Crippen LogP contribution in [0.2, 0.25) is 0 Å². The predicted octanol–water partition coefficient (Wildman–Crippen LogP) is 3.53. The summed E-state index contributed by atoms with van der Waals surface area (Å²) in [6, 6.07) is 5.70. The van der Waals surface area contributed by atoms with Crippen LogP contribution in [0.5, 0.6) is 11.6 Å². The molecular formula is C16H22N4O. The fraction of sp³-hybridized carbons (Fsp3) is 0.438. The van der Waals surface area contributed by atoms with Crippen LogP contribution in [0.3, 0.4) is 0 Å². The number of hydrogen-bond acceptors (Lipinski definition) is 5. The fourth-order valence-electron chi connectivity index (χ4n) is 2.05. The van der Waals surface area contributed by atoms with E-state index in [1.807, 2.05) is 26.1 Å². The van der Waals surface area contributed by atoms with E-state index in [-0.39, 0.29) is 0 Å². The first-order valence-electron chi connectivity index (χ1n) is 7.36. The van der Waals surface area contributed by atoms with Gasteiger partial charge in [-0.15, -0.1) is 0 Å². The van der Waals surface area contributed by atoms with Gasteiger partial charge in [0.15, 0.2) is 5.75 Å². The van der Waals surface area contributed by atoms with E-state index in [4.69, 9.17) is 4.74 Å². The summed E-state index contributed by atoms with van der Waals surface area (Å²) < 4.78 is 5.93. The van der Waals surface area contributed by atoms with E-state index in [0.717, 1.165) is 48.0 Å². The molecule has 2 aromatic rings. The maximum atomic E-state index is 5.93. The minimum atomic E-state index is 0.554. The molecule has 0 spiro atoms. The van der Waals surface area contributed by atoms with Gasteiger partial charge in [0, 0.05) is 25.2 Å². The fourth-order valence-corrected chi connectivity index (χ4v) is 2.05. The summed E-state index contributed by atoms with van der Waals surface area (Å²) >= 11 is 0. The molecule has 0 bridgehead atoms. The van der Waals surface area contributed by atoms with Crippen LogP contribution in [0.1, 0.15) is 37.5 Å². The Morgan fingerprint density at radius 2 is 1.95 bits per heavy atom. The first-order valence-corrected chi connectivity index (χ1v) is 7.36. The van der Waals surface area contributed by atoms with Gasteiger partial charge >= 0.3 is 0 Å². The predicted molar refractivity (Wildman–Crippen MR) is 84.0 cm³/mol. The number of nitrogens with one attached hydrogen (secondary N) is 1. The summed E-state index contributed by atoms with van der Waals surface area (Å²) in [5, 5.41) is 3.04. The summed E-state index contributed by atoms with van der Waals surface area (Å²) in [4.78, 5) is 13.4. The van der Waals surface area contributed by atoms with Crippen LogP contribution in [0.15, 0.2) is 18.2 Å². The largest absolute Gasteiger partial charge is 0.437 e. The van der Waals surface area contributed by atoms with Crippen LogP contribution in [-0.2, 0) is 12.8 Å². The van der Waals surface area contributed by atoms with Crippen LogP contribution in [-0.4, -0.2) is 22.0 Å². The molecule has 0 saturated heterocycles. The highest BCUT2D eigenvalue weighted by Crippen LogP contribution is 2.25. The average molecular weight is 286 g/mol. The third-order valence-electron chi connectivity index (χ3n) is 3.10. The molecule has 0 radical (unpaired) electrons. The molecule has 0 saturated carbocycles. The Labute approximate surface area is 125 Å². The standard InChI is InChI=1S/C16H22N4O/c1-5-7-14-19-15(17-4)10-16(20-14)21-13-9-8-11(3)18-12(13)6-2/h8-10H,5-7H2,1-4H3,(H,17,19,20). The van der Waals surface area contributed by atoms with Crippen molar-refractivity contribution in [2.24, 2.45) is 0 Å². The minimum Gasteiger partial charge on any atom is -0.437 e. The van der Waals surface area contributed by atoms with Gasteiger partial charge in [0.25, 0.3) is 0 Å². The smallest absolute Gasteiger partial charge is 0.224 e. The maximum absolute atomic E-state index is 5.93. The van der Waals surface area contributed by atoms with Crippen molar-refractivity contribution >= 4 is 5.82 Å². The van der Waals surface area contributed by atoms with Crippen LogP contribution in [0.4, 0.5) is 5.82 Å². The van der Waals surface area contributed by atoms with Crippen molar-refractivity contribution in [3.8, 4) is 11.6 Å². The lowest BCUT2D eigenvalue weighted by Crippen LogP contribution is -2.03. The van der Waals surface area contributed by atoms with Crippen molar-refractivity contribution < 1.29 is 4.74 Å². The molecule has 0 amide bonds. The van der Waals surface area contributed by atoms with E-state index < -0.39 is 0 Å². The van der Waals surface area contributed by atoms with Gasteiger partial charge in [-0.25, -0.2) is 4.98 Å². The number of anilines is 1. The van der Waals surface area contributed by atoms with Crippen molar-refractivity contribution in [1.29, 1.82) is 0 Å². The SMILES string of the molecule is CCCc1nc(NC)cc(Oc2ccc(C)nc2CC)n1.